The molecule has 0 bridgehead atoms. The third-order valence-electron chi connectivity index (χ3n) is 3.21. The summed E-state index contributed by atoms with van der Waals surface area (Å²) in [6.07, 6.45) is 0.244. The lowest BCUT2D eigenvalue weighted by Crippen LogP contribution is -2.22. The van der Waals surface area contributed by atoms with Gasteiger partial charge in [-0.2, -0.15) is 5.10 Å². The van der Waals surface area contributed by atoms with Gasteiger partial charge in [0.1, 0.15) is 11.6 Å². The molecule has 3 nitrogen and oxygen atoms in total. The summed E-state index contributed by atoms with van der Waals surface area (Å²) in [7, 11) is 3.59. The second kappa shape index (κ2) is 5.48. The van der Waals surface area contributed by atoms with Crippen molar-refractivity contribution in [3.8, 4) is 0 Å². The fourth-order valence-electron chi connectivity index (χ4n) is 2.24. The van der Waals surface area contributed by atoms with Crippen molar-refractivity contribution in [1.82, 2.24) is 15.1 Å². The lowest BCUT2D eigenvalue weighted by atomic mass is 10.0. The molecule has 0 saturated carbocycles. The molecular weight excluding hydrogens is 248 g/mol. The van der Waals surface area contributed by atoms with Gasteiger partial charge in [-0.15, -0.1) is 0 Å². The predicted molar refractivity (Wildman–Crippen MR) is 69.8 cm³/mol. The van der Waals surface area contributed by atoms with Crippen LogP contribution in [0.2, 0.25) is 0 Å². The molecule has 19 heavy (non-hydrogen) atoms. The van der Waals surface area contributed by atoms with Crippen LogP contribution in [0.15, 0.2) is 24.3 Å². The molecule has 1 heterocycles. The van der Waals surface area contributed by atoms with Crippen molar-refractivity contribution < 1.29 is 8.78 Å². The van der Waals surface area contributed by atoms with E-state index in [1.165, 1.54) is 18.2 Å². The van der Waals surface area contributed by atoms with Crippen LogP contribution in [0.3, 0.4) is 0 Å². The summed E-state index contributed by atoms with van der Waals surface area (Å²) in [5, 5.41) is 7.34. The average molecular weight is 265 g/mol. The quantitative estimate of drug-likeness (QED) is 0.920. The van der Waals surface area contributed by atoms with Gasteiger partial charge < -0.3 is 5.32 Å². The zero-order valence-corrected chi connectivity index (χ0v) is 11.2. The maximum absolute atomic E-state index is 13.7. The van der Waals surface area contributed by atoms with Crippen molar-refractivity contribution in [2.75, 3.05) is 7.05 Å². The van der Waals surface area contributed by atoms with E-state index in [0.717, 1.165) is 11.4 Å². The monoisotopic (exact) mass is 265 g/mol. The molecule has 5 heteroatoms. The minimum absolute atomic E-state index is 0.0979. The first-order chi connectivity index (χ1) is 9.02. The van der Waals surface area contributed by atoms with Crippen molar-refractivity contribution >= 4 is 0 Å². The van der Waals surface area contributed by atoms with Crippen LogP contribution >= 0.6 is 0 Å². The Morgan fingerprint density at radius 3 is 2.42 bits per heavy atom. The maximum atomic E-state index is 13.7. The van der Waals surface area contributed by atoms with Crippen molar-refractivity contribution in [3.05, 3.63) is 52.9 Å². The van der Waals surface area contributed by atoms with Gasteiger partial charge in [0.15, 0.2) is 0 Å². The molecule has 0 radical (unpaired) electrons. The summed E-state index contributed by atoms with van der Waals surface area (Å²) in [4.78, 5) is 0. The van der Waals surface area contributed by atoms with Crippen molar-refractivity contribution in [3.63, 3.8) is 0 Å². The number of rotatable bonds is 4. The molecule has 1 N–H and O–H groups in total. The summed E-state index contributed by atoms with van der Waals surface area (Å²) < 4.78 is 29.1. The number of aryl methyl sites for hydroxylation is 2. The Morgan fingerprint density at radius 1 is 1.32 bits per heavy atom. The van der Waals surface area contributed by atoms with E-state index >= 15 is 0 Å². The van der Waals surface area contributed by atoms with E-state index in [1.54, 1.807) is 11.7 Å². The fraction of sp³-hybridized carbons (Fsp3) is 0.357. The van der Waals surface area contributed by atoms with Crippen molar-refractivity contribution in [2.45, 2.75) is 19.4 Å². The highest BCUT2D eigenvalue weighted by Crippen LogP contribution is 2.22. The molecule has 0 fully saturated rings. The number of halogens is 2. The Bertz CT molecular complexity index is 558. The standard InChI is InChI=1S/C14H17F2N3/c1-9-7-14(19(3)18-9)13(17-2)8-10-11(15)5-4-6-12(10)16/h4-7,13,17H,8H2,1-3H3. The number of likely N-dealkylation sites (N-methyl/N-ethyl adjacent to an activating group) is 1. The van der Waals surface area contributed by atoms with Gasteiger partial charge in [-0.3, -0.25) is 4.68 Å². The van der Waals surface area contributed by atoms with Crippen LogP contribution in [0.5, 0.6) is 0 Å². The Labute approximate surface area is 111 Å². The minimum atomic E-state index is -0.515. The lowest BCUT2D eigenvalue weighted by molar-refractivity contribution is 0.494. The number of nitrogens with zero attached hydrogens (tertiary/aromatic N) is 2. The summed E-state index contributed by atoms with van der Waals surface area (Å²) in [5.41, 5.74) is 1.88. The molecule has 0 aliphatic rings. The Balaban J connectivity index is 2.32. The third-order valence-corrected chi connectivity index (χ3v) is 3.21. The molecule has 1 atom stereocenters. The predicted octanol–water partition coefficient (Wildman–Crippen LogP) is 2.51. The highest BCUT2D eigenvalue weighted by Gasteiger charge is 2.19. The zero-order chi connectivity index (χ0) is 14.0. The SMILES string of the molecule is CNC(Cc1c(F)cccc1F)c1cc(C)nn1C. The Morgan fingerprint density at radius 2 is 1.95 bits per heavy atom. The molecule has 1 aromatic heterocycles. The van der Waals surface area contributed by atoms with E-state index in [2.05, 4.69) is 10.4 Å². The van der Waals surface area contributed by atoms with Crippen LogP contribution < -0.4 is 5.32 Å². The molecule has 1 unspecified atom stereocenters. The van der Waals surface area contributed by atoms with E-state index in [0.29, 0.717) is 0 Å². The third kappa shape index (κ3) is 2.81. The first-order valence-electron chi connectivity index (χ1n) is 6.13. The normalized spacial score (nSPS) is 12.7. The second-order valence-corrected chi connectivity index (χ2v) is 4.58. The molecule has 2 rings (SSSR count). The molecule has 0 amide bonds. The summed E-state index contributed by atoms with van der Waals surface area (Å²) >= 11 is 0. The number of aromatic nitrogens is 2. The van der Waals surface area contributed by atoms with Crippen molar-refractivity contribution in [1.29, 1.82) is 0 Å². The van der Waals surface area contributed by atoms with E-state index in [1.807, 2.05) is 20.0 Å². The number of nitrogens with one attached hydrogen (secondary N) is 1. The molecule has 0 aliphatic heterocycles. The van der Waals surface area contributed by atoms with E-state index in [4.69, 9.17) is 0 Å². The lowest BCUT2D eigenvalue weighted by Gasteiger charge is -2.17. The number of hydrogen-bond donors (Lipinski definition) is 1. The van der Waals surface area contributed by atoms with Gasteiger partial charge in [-0.25, -0.2) is 8.78 Å². The molecule has 102 valence electrons. The Kier molecular flexibility index (Phi) is 3.95. The zero-order valence-electron chi connectivity index (χ0n) is 11.2. The molecule has 0 aliphatic carbocycles. The summed E-state index contributed by atoms with van der Waals surface area (Å²) in [6, 6.07) is 5.66. The fourth-order valence-corrected chi connectivity index (χ4v) is 2.24. The Hall–Kier alpha value is -1.75. The summed E-state index contributed by atoms with van der Waals surface area (Å²) in [5.74, 6) is -1.03. The smallest absolute Gasteiger partial charge is 0.129 e. The van der Waals surface area contributed by atoms with Crippen LogP contribution in [0.1, 0.15) is 23.0 Å². The molecule has 0 spiro atoms. The molecule has 2 aromatic rings. The van der Waals surface area contributed by atoms with Gasteiger partial charge in [0.2, 0.25) is 0 Å². The average Bonchev–Trinajstić information content (AvgIpc) is 2.68. The van der Waals surface area contributed by atoms with E-state index in [9.17, 15) is 8.78 Å². The van der Waals surface area contributed by atoms with Gasteiger partial charge >= 0.3 is 0 Å². The molecule has 1 aromatic carbocycles. The van der Waals surface area contributed by atoms with Crippen LogP contribution in [0.4, 0.5) is 8.78 Å². The molecular formula is C14H17F2N3. The largest absolute Gasteiger partial charge is 0.311 e. The first-order valence-corrected chi connectivity index (χ1v) is 6.13. The number of hydrogen-bond acceptors (Lipinski definition) is 2. The summed E-state index contributed by atoms with van der Waals surface area (Å²) in [6.45, 7) is 1.89. The highest BCUT2D eigenvalue weighted by molar-refractivity contribution is 5.23. The van der Waals surface area contributed by atoms with Gasteiger partial charge in [0.25, 0.3) is 0 Å². The van der Waals surface area contributed by atoms with Gasteiger partial charge in [-0.1, -0.05) is 6.07 Å². The van der Waals surface area contributed by atoms with Crippen LogP contribution in [-0.2, 0) is 13.5 Å². The van der Waals surface area contributed by atoms with Gasteiger partial charge in [0.05, 0.1) is 17.4 Å². The van der Waals surface area contributed by atoms with E-state index < -0.39 is 11.6 Å². The second-order valence-electron chi connectivity index (χ2n) is 4.58. The number of benzene rings is 1. The highest BCUT2D eigenvalue weighted by atomic mass is 19.1. The maximum Gasteiger partial charge on any atom is 0.129 e. The van der Waals surface area contributed by atoms with Gasteiger partial charge in [0, 0.05) is 12.6 Å². The first kappa shape index (κ1) is 13.7. The van der Waals surface area contributed by atoms with Crippen LogP contribution in [0.25, 0.3) is 0 Å². The van der Waals surface area contributed by atoms with Crippen LogP contribution in [-0.4, -0.2) is 16.8 Å². The van der Waals surface area contributed by atoms with Crippen LogP contribution in [0, 0.1) is 18.6 Å². The van der Waals surface area contributed by atoms with E-state index in [-0.39, 0.29) is 18.0 Å². The topological polar surface area (TPSA) is 29.9 Å². The van der Waals surface area contributed by atoms with Gasteiger partial charge in [-0.05, 0) is 38.6 Å². The molecule has 0 saturated heterocycles. The minimum Gasteiger partial charge on any atom is -0.311 e. The van der Waals surface area contributed by atoms with Crippen molar-refractivity contribution in [2.24, 2.45) is 7.05 Å².